The SMILES string of the molecule is COCCNC(=O)[C@@]1(C)C(=O)n2c(cc3cc(Cl)ccc32)C(=O)N1c1ccc(C(C)C)cc1. The highest BCUT2D eigenvalue weighted by atomic mass is 35.5. The Kier molecular flexibility index (Phi) is 6.03. The third-order valence-corrected chi connectivity index (χ3v) is 6.34. The van der Waals surface area contributed by atoms with Gasteiger partial charge in [-0.05, 0) is 54.8 Å². The van der Waals surface area contributed by atoms with Crippen LogP contribution in [0.5, 0.6) is 0 Å². The van der Waals surface area contributed by atoms with Crippen molar-refractivity contribution in [2.75, 3.05) is 25.2 Å². The van der Waals surface area contributed by atoms with Crippen LogP contribution in [0.4, 0.5) is 5.69 Å². The van der Waals surface area contributed by atoms with E-state index in [1.165, 1.54) is 23.5 Å². The molecule has 1 aliphatic heterocycles. The molecule has 4 rings (SSSR count). The van der Waals surface area contributed by atoms with Gasteiger partial charge >= 0.3 is 0 Å². The molecule has 3 aromatic rings. The van der Waals surface area contributed by atoms with E-state index in [4.69, 9.17) is 16.3 Å². The van der Waals surface area contributed by atoms with Gasteiger partial charge in [-0.15, -0.1) is 0 Å². The highest BCUT2D eigenvalue weighted by Gasteiger charge is 2.55. The molecule has 8 heteroatoms. The van der Waals surface area contributed by atoms with Gasteiger partial charge in [0.25, 0.3) is 17.7 Å². The van der Waals surface area contributed by atoms with Gasteiger partial charge in [-0.3, -0.25) is 23.9 Å². The zero-order chi connectivity index (χ0) is 23.9. The smallest absolute Gasteiger partial charge is 0.276 e. The lowest BCUT2D eigenvalue weighted by Gasteiger charge is -2.42. The number of carbonyl (C=O) groups is 3. The Morgan fingerprint density at radius 1 is 1.12 bits per heavy atom. The second kappa shape index (κ2) is 8.65. The molecule has 1 aromatic heterocycles. The predicted molar refractivity (Wildman–Crippen MR) is 128 cm³/mol. The maximum Gasteiger partial charge on any atom is 0.276 e. The van der Waals surface area contributed by atoms with Crippen molar-refractivity contribution < 1.29 is 19.1 Å². The Balaban J connectivity index is 1.90. The van der Waals surface area contributed by atoms with Crippen LogP contribution in [0.1, 0.15) is 47.5 Å². The first-order valence-corrected chi connectivity index (χ1v) is 11.2. The van der Waals surface area contributed by atoms with E-state index >= 15 is 0 Å². The molecule has 172 valence electrons. The monoisotopic (exact) mass is 467 g/mol. The van der Waals surface area contributed by atoms with Gasteiger partial charge in [0.1, 0.15) is 5.69 Å². The fourth-order valence-corrected chi connectivity index (χ4v) is 4.40. The quantitative estimate of drug-likeness (QED) is 0.434. The second-order valence-corrected chi connectivity index (χ2v) is 9.02. The topological polar surface area (TPSA) is 80.6 Å². The van der Waals surface area contributed by atoms with Gasteiger partial charge in [-0.25, -0.2) is 0 Å². The summed E-state index contributed by atoms with van der Waals surface area (Å²) in [5, 5.41) is 3.88. The first kappa shape index (κ1) is 23.0. The summed E-state index contributed by atoms with van der Waals surface area (Å²) in [6.45, 7) is 6.12. The van der Waals surface area contributed by atoms with Crippen LogP contribution in [-0.2, 0) is 9.53 Å². The summed E-state index contributed by atoms with van der Waals surface area (Å²) in [4.78, 5) is 42.4. The third kappa shape index (κ3) is 3.71. The molecule has 0 saturated carbocycles. The van der Waals surface area contributed by atoms with Crippen molar-refractivity contribution in [3.8, 4) is 0 Å². The zero-order valence-corrected chi connectivity index (χ0v) is 19.8. The van der Waals surface area contributed by atoms with E-state index in [2.05, 4.69) is 19.2 Å². The lowest BCUT2D eigenvalue weighted by molar-refractivity contribution is -0.124. The molecular formula is C25H26ClN3O4. The normalized spacial score (nSPS) is 18.2. The Labute approximate surface area is 197 Å². The van der Waals surface area contributed by atoms with Crippen molar-refractivity contribution in [2.24, 2.45) is 0 Å². The summed E-state index contributed by atoms with van der Waals surface area (Å²) in [6, 6.07) is 14.0. The molecule has 33 heavy (non-hydrogen) atoms. The lowest BCUT2D eigenvalue weighted by Crippen LogP contribution is -2.68. The van der Waals surface area contributed by atoms with Crippen molar-refractivity contribution in [1.82, 2.24) is 9.88 Å². The third-order valence-electron chi connectivity index (χ3n) is 6.10. The van der Waals surface area contributed by atoms with E-state index in [9.17, 15) is 14.4 Å². The molecule has 0 spiro atoms. The number of fused-ring (bicyclic) bond motifs is 3. The fraction of sp³-hybridized carbons (Fsp3) is 0.320. The number of carbonyl (C=O) groups excluding carboxylic acids is 3. The highest BCUT2D eigenvalue weighted by Crippen LogP contribution is 2.37. The maximum absolute atomic E-state index is 13.9. The standard InChI is InChI=1S/C25H26ClN3O4/c1-15(2)16-5-8-19(9-6-16)29-22(30)21-14-17-13-18(26)7-10-20(17)28(21)24(32)25(29,3)23(31)27-11-12-33-4/h5-10,13-15H,11-12H2,1-4H3,(H,27,31)/t25-/m0/s1. The molecule has 0 radical (unpaired) electrons. The summed E-state index contributed by atoms with van der Waals surface area (Å²) in [5.74, 6) is -1.23. The van der Waals surface area contributed by atoms with Gasteiger partial charge < -0.3 is 10.1 Å². The Hall–Kier alpha value is -3.16. The Morgan fingerprint density at radius 3 is 2.45 bits per heavy atom. The number of rotatable bonds is 6. The van der Waals surface area contributed by atoms with E-state index in [-0.39, 0.29) is 18.8 Å². The number of nitrogens with zero attached hydrogens (tertiary/aromatic N) is 2. The lowest BCUT2D eigenvalue weighted by atomic mass is 9.92. The van der Waals surface area contributed by atoms with E-state index < -0.39 is 23.3 Å². The number of hydrogen-bond donors (Lipinski definition) is 1. The van der Waals surface area contributed by atoms with Gasteiger partial charge in [0.05, 0.1) is 12.1 Å². The van der Waals surface area contributed by atoms with Crippen molar-refractivity contribution in [3.63, 3.8) is 0 Å². The molecule has 2 amide bonds. The average Bonchev–Trinajstić information content (AvgIpc) is 3.17. The molecule has 7 nitrogen and oxygen atoms in total. The van der Waals surface area contributed by atoms with Crippen LogP contribution in [0.2, 0.25) is 5.02 Å². The second-order valence-electron chi connectivity index (χ2n) is 8.58. The van der Waals surface area contributed by atoms with Crippen LogP contribution in [0.15, 0.2) is 48.5 Å². The number of hydrogen-bond acceptors (Lipinski definition) is 4. The molecule has 0 saturated heterocycles. The van der Waals surface area contributed by atoms with E-state index in [1.807, 2.05) is 12.1 Å². The Bertz CT molecular complexity index is 1250. The number of aromatic nitrogens is 1. The minimum Gasteiger partial charge on any atom is -0.383 e. The zero-order valence-electron chi connectivity index (χ0n) is 19.0. The summed E-state index contributed by atoms with van der Waals surface area (Å²) < 4.78 is 6.34. The summed E-state index contributed by atoms with van der Waals surface area (Å²) in [7, 11) is 1.52. The van der Waals surface area contributed by atoms with Gasteiger partial charge in [0.2, 0.25) is 5.54 Å². The van der Waals surface area contributed by atoms with Crippen LogP contribution in [0, 0.1) is 0 Å². The van der Waals surface area contributed by atoms with Crippen molar-refractivity contribution in [2.45, 2.75) is 32.2 Å². The van der Waals surface area contributed by atoms with E-state index in [0.29, 0.717) is 27.5 Å². The van der Waals surface area contributed by atoms with Gasteiger partial charge in [-0.2, -0.15) is 0 Å². The molecule has 1 N–H and O–H groups in total. The van der Waals surface area contributed by atoms with Crippen LogP contribution in [0.25, 0.3) is 10.9 Å². The number of methoxy groups -OCH3 is 1. The van der Waals surface area contributed by atoms with Crippen molar-refractivity contribution >= 4 is 45.9 Å². The number of halogens is 1. The highest BCUT2D eigenvalue weighted by molar-refractivity contribution is 6.32. The van der Waals surface area contributed by atoms with Crippen LogP contribution < -0.4 is 10.2 Å². The first-order valence-electron chi connectivity index (χ1n) is 10.8. The summed E-state index contributed by atoms with van der Waals surface area (Å²) >= 11 is 6.13. The van der Waals surface area contributed by atoms with Gasteiger partial charge in [0, 0.05) is 29.8 Å². The van der Waals surface area contributed by atoms with Crippen molar-refractivity contribution in [3.05, 3.63) is 64.8 Å². The summed E-state index contributed by atoms with van der Waals surface area (Å²) in [6.07, 6.45) is 0. The minimum atomic E-state index is -1.80. The molecular weight excluding hydrogens is 442 g/mol. The van der Waals surface area contributed by atoms with E-state index in [1.54, 1.807) is 36.4 Å². The predicted octanol–water partition coefficient (Wildman–Crippen LogP) is 4.24. The van der Waals surface area contributed by atoms with Crippen molar-refractivity contribution in [1.29, 1.82) is 0 Å². The number of amides is 2. The van der Waals surface area contributed by atoms with Crippen LogP contribution >= 0.6 is 11.6 Å². The number of ether oxygens (including phenoxy) is 1. The molecule has 0 bridgehead atoms. The number of benzene rings is 2. The first-order chi connectivity index (χ1) is 15.7. The van der Waals surface area contributed by atoms with E-state index in [0.717, 1.165) is 5.56 Å². The molecule has 0 fully saturated rings. The fourth-order valence-electron chi connectivity index (χ4n) is 4.21. The maximum atomic E-state index is 13.9. The van der Waals surface area contributed by atoms with Crippen LogP contribution in [-0.4, -0.2) is 48.1 Å². The molecule has 2 aromatic carbocycles. The molecule has 0 aliphatic carbocycles. The van der Waals surface area contributed by atoms with Gasteiger partial charge in [0.15, 0.2) is 0 Å². The Morgan fingerprint density at radius 2 is 1.82 bits per heavy atom. The average molecular weight is 468 g/mol. The largest absolute Gasteiger partial charge is 0.383 e. The van der Waals surface area contributed by atoms with Gasteiger partial charge in [-0.1, -0.05) is 37.6 Å². The number of nitrogens with one attached hydrogen (secondary N) is 1. The van der Waals surface area contributed by atoms with Crippen LogP contribution in [0.3, 0.4) is 0 Å². The molecule has 1 aliphatic rings. The molecule has 2 heterocycles. The molecule has 0 unspecified atom stereocenters. The molecule has 1 atom stereocenters. The number of anilines is 1. The minimum absolute atomic E-state index is 0.187. The summed E-state index contributed by atoms with van der Waals surface area (Å²) in [5.41, 5.74) is 0.468.